The van der Waals surface area contributed by atoms with Crippen molar-refractivity contribution in [3.63, 3.8) is 0 Å². The van der Waals surface area contributed by atoms with E-state index in [1.807, 2.05) is 10.7 Å². The number of nitrogens with two attached hydrogens (primary N) is 4. The summed E-state index contributed by atoms with van der Waals surface area (Å²) in [6, 6.07) is 17.4. The van der Waals surface area contributed by atoms with Gasteiger partial charge < -0.3 is 85.4 Å². The van der Waals surface area contributed by atoms with E-state index in [0.717, 1.165) is 6.92 Å². The van der Waals surface area contributed by atoms with E-state index < -0.39 is 175 Å². The highest BCUT2D eigenvalue weighted by Crippen LogP contribution is 2.21. The third-order valence-electron chi connectivity index (χ3n) is 16.2. The van der Waals surface area contributed by atoms with E-state index in [9.17, 15) is 72.9 Å². The Balaban J connectivity index is 1.36. The van der Waals surface area contributed by atoms with Crippen LogP contribution in [0.3, 0.4) is 0 Å². The molecule has 0 radical (unpaired) electrons. The number of guanidine groups is 1. The van der Waals surface area contributed by atoms with Gasteiger partial charge in [-0.1, -0.05) is 103 Å². The molecule has 103 heavy (non-hydrogen) atoms. The number of phenols is 2. The number of hydrogen-bond acceptors (Lipinski definition) is 20. The summed E-state index contributed by atoms with van der Waals surface area (Å²) in [7, 11) is 0. The molecule has 11 amide bonds. The number of aromatic hydroxyl groups is 2. The molecule has 1 saturated heterocycles. The van der Waals surface area contributed by atoms with Crippen molar-refractivity contribution in [2.75, 3.05) is 6.54 Å². The second-order valence-electron chi connectivity index (χ2n) is 24.0. The molecule has 7 rings (SSSR count). The first-order valence-corrected chi connectivity index (χ1v) is 32.2. The molecule has 5 aromatic carbocycles. The number of aliphatic imine (C=N–C) groups is 1. The summed E-state index contributed by atoms with van der Waals surface area (Å²) >= 11 is 0. The van der Waals surface area contributed by atoms with Crippen LogP contribution < -0.4 is 87.2 Å². The maximum Gasteiger partial charge on any atom is 0.373 e. The number of carboxylic acid groups (broad SMARTS) is 1. The molecule has 1 unspecified atom stereocenters. The number of ketones is 2. The van der Waals surface area contributed by atoms with Crippen molar-refractivity contribution in [2.24, 2.45) is 28.0 Å². The Morgan fingerprint density at radius 3 is 1.66 bits per heavy atom. The van der Waals surface area contributed by atoms with Crippen molar-refractivity contribution in [3.8, 4) is 11.5 Å². The maximum atomic E-state index is 15.3. The van der Waals surface area contributed by atoms with Crippen LogP contribution in [0.5, 0.6) is 11.5 Å². The normalized spacial score (nSPS) is 20.5. The van der Waals surface area contributed by atoms with E-state index >= 15 is 9.59 Å². The number of H-pyrrole nitrogens is 1. The zero-order chi connectivity index (χ0) is 74.9. The van der Waals surface area contributed by atoms with Gasteiger partial charge in [0.05, 0.1) is 12.8 Å². The minimum Gasteiger partial charge on any atom is -0.508 e. The van der Waals surface area contributed by atoms with Crippen LogP contribution >= 0.6 is 0 Å². The van der Waals surface area contributed by atoms with Gasteiger partial charge >= 0.3 is 5.97 Å². The number of nitrogens with zero attached hydrogens (tertiary/aromatic N) is 1. The van der Waals surface area contributed by atoms with Gasteiger partial charge in [0.2, 0.25) is 58.9 Å². The molecule has 0 saturated carbocycles. The molecule has 0 spiro atoms. The molecule has 0 bridgehead atoms. The van der Waals surface area contributed by atoms with Crippen molar-refractivity contribution >= 4 is 99.4 Å². The smallest absolute Gasteiger partial charge is 0.373 e. The van der Waals surface area contributed by atoms with Crippen LogP contribution in [-0.4, -0.2) is 176 Å². The van der Waals surface area contributed by atoms with Crippen LogP contribution in [0.15, 0.2) is 145 Å². The van der Waals surface area contributed by atoms with Gasteiger partial charge in [-0.25, -0.2) is 15.6 Å². The number of nitrogens with one attached hydrogen (secondary N) is 13. The standard InChI is InChI=1S/C68H80N18O17/c1-35-58(93)77-46(27-36-11-4-2-5-12-36)55(91)65(100)83-57(66(101)86-85-47(56(92)67(102)103)28-38-18-22-41(87)23-19-38)82-54(90)33-51(81-64(99)52(84-72)30-39-20-24-42(88)25-21-39)63(98)79-49(31-40-34-74-44-16-9-8-15-43(40)44)62(97)76-45(17-10-26-73-68(70)71)59(94)78-48(29-37-13-6-3-7-14-37)61(96)80-50(32-53(69)89)60(95)75-35/h2-9,11-16,18-25,34-35,45-52,57,74,84-85,87-88H,10,17,26-33,72H2,1H3,(H2,69,89)(H,75,95)(H,76,97)(H,77,93)(H,78,94)(H,79,98)(H,80,96)(H,81,99)(H,82,90)(H,83,100)(H,86,101)(H,102,103)(H4,70,71,73)/t35-,45+,46+,47+,48-,49-,50+,51-,52-,57?/m0/s1. The lowest BCUT2D eigenvalue weighted by molar-refractivity contribution is -0.150. The lowest BCUT2D eigenvalue weighted by Crippen LogP contribution is -2.64. The van der Waals surface area contributed by atoms with Crippen LogP contribution in [-0.2, 0) is 99.2 Å². The molecule has 35 nitrogen and oxygen atoms in total. The number of amides is 11. The van der Waals surface area contributed by atoms with E-state index in [2.05, 4.69) is 63.4 Å². The fourth-order valence-electron chi connectivity index (χ4n) is 10.8. The van der Waals surface area contributed by atoms with Crippen LogP contribution in [0.25, 0.3) is 10.9 Å². The summed E-state index contributed by atoms with van der Waals surface area (Å²) < 4.78 is 0. The zero-order valence-electron chi connectivity index (χ0n) is 55.4. The van der Waals surface area contributed by atoms with Crippen molar-refractivity contribution < 1.29 is 82.4 Å². The van der Waals surface area contributed by atoms with Gasteiger partial charge in [-0.3, -0.25) is 78.6 Å². The van der Waals surface area contributed by atoms with E-state index in [4.69, 9.17) is 23.0 Å². The number of para-hydroxylation sites is 1. The summed E-state index contributed by atoms with van der Waals surface area (Å²) in [5, 5.41) is 51.9. The monoisotopic (exact) mass is 1420 g/mol. The minimum atomic E-state index is -2.50. The molecular formula is C68H80N18O17. The number of carboxylic acids is 1. The average molecular weight is 1420 g/mol. The predicted octanol–water partition coefficient (Wildman–Crippen LogP) is -4.56. The first kappa shape index (κ1) is 77.7. The Kier molecular flexibility index (Phi) is 28.3. The van der Waals surface area contributed by atoms with Gasteiger partial charge in [0, 0.05) is 42.9 Å². The number of aromatic nitrogens is 1. The topological polar surface area (TPSA) is 576 Å². The zero-order valence-corrected chi connectivity index (χ0v) is 55.4. The van der Waals surface area contributed by atoms with Gasteiger partial charge in [0.25, 0.3) is 17.6 Å². The van der Waals surface area contributed by atoms with Crippen LogP contribution in [0, 0.1) is 0 Å². The van der Waals surface area contributed by atoms with Gasteiger partial charge in [0.1, 0.15) is 65.9 Å². The van der Waals surface area contributed by atoms with E-state index in [-0.39, 0.29) is 55.3 Å². The predicted molar refractivity (Wildman–Crippen MR) is 367 cm³/mol. The summed E-state index contributed by atoms with van der Waals surface area (Å²) in [5.74, 6) is -13.6. The molecule has 2 heterocycles. The molecule has 544 valence electrons. The number of fused-ring (bicyclic) bond motifs is 1. The van der Waals surface area contributed by atoms with Crippen molar-refractivity contribution in [1.82, 2.24) is 69.1 Å². The highest BCUT2D eigenvalue weighted by atomic mass is 16.4. The van der Waals surface area contributed by atoms with E-state index in [0.29, 0.717) is 33.2 Å². The van der Waals surface area contributed by atoms with Crippen LogP contribution in [0.4, 0.5) is 0 Å². The number of phenolic OH excluding ortho intramolecular Hbond substituents is 2. The largest absolute Gasteiger partial charge is 0.508 e. The Morgan fingerprint density at radius 2 is 1.08 bits per heavy atom. The second-order valence-corrected chi connectivity index (χ2v) is 24.0. The molecule has 1 aromatic heterocycles. The Labute approximate surface area is 587 Å². The molecule has 6 aromatic rings. The Bertz CT molecular complexity index is 4100. The summed E-state index contributed by atoms with van der Waals surface area (Å²) in [4.78, 5) is 207. The molecule has 1 aliphatic heterocycles. The molecule has 24 N–H and O–H groups in total. The fourth-order valence-corrected chi connectivity index (χ4v) is 10.8. The first-order valence-electron chi connectivity index (χ1n) is 32.2. The summed E-state index contributed by atoms with van der Waals surface area (Å²) in [6.45, 7) is 1.02. The van der Waals surface area contributed by atoms with Crippen molar-refractivity contribution in [3.05, 3.63) is 167 Å². The van der Waals surface area contributed by atoms with Crippen molar-refractivity contribution in [1.29, 1.82) is 0 Å². The molecule has 35 heteroatoms. The number of carbonyl (C=O) groups excluding carboxylic acids is 13. The number of hydrazine groups is 2. The second kappa shape index (κ2) is 37.5. The molecule has 1 aliphatic rings. The quantitative estimate of drug-likeness (QED) is 0.00677. The lowest BCUT2D eigenvalue weighted by atomic mass is 10.0. The van der Waals surface area contributed by atoms with Crippen LogP contribution in [0.2, 0.25) is 0 Å². The number of hydrogen-bond donors (Lipinski definition) is 20. The first-order chi connectivity index (χ1) is 49.1. The van der Waals surface area contributed by atoms with Gasteiger partial charge in [-0.15, -0.1) is 0 Å². The SMILES string of the molecule is C[C@@H]1NC(=O)[C@@H](CC(N)=O)NC(=O)[C@H](Cc2ccccc2)NC(=O)[C@@H](CCCN=C(N)N)NC(=O)[C@H](Cc2c[nH]c3ccccc23)NC(=O)[C@@H](NC(=O)[C@H](Cc2ccc(O)cc2)NN)CC(=O)NC(C(=O)NN[C@H](Cc2ccc(O)cc2)C(=O)C(=O)O)NC(=O)C(=O)[C@@H](Cc2ccccc2)NC1=O. The fraction of sp³-hybridized carbons (Fsp3) is 0.309. The number of primary amides is 1. The van der Waals surface area contributed by atoms with Gasteiger partial charge in [-0.05, 0) is 90.8 Å². The summed E-state index contributed by atoms with van der Waals surface area (Å²) in [5.41, 5.74) is 25.9. The lowest BCUT2D eigenvalue weighted by Gasteiger charge is -2.28. The Morgan fingerprint density at radius 1 is 0.563 bits per heavy atom. The highest BCUT2D eigenvalue weighted by molar-refractivity contribution is 6.39. The Hall–Kier alpha value is -12.6. The maximum absolute atomic E-state index is 15.3. The summed E-state index contributed by atoms with van der Waals surface area (Å²) in [6.07, 6.45) is -5.30. The van der Waals surface area contributed by atoms with E-state index in [1.54, 1.807) is 72.8 Å². The average Bonchev–Trinajstić information content (AvgIpc) is 1.74. The molecule has 1 fully saturated rings. The third kappa shape index (κ3) is 23.8. The molecule has 0 aliphatic carbocycles. The highest BCUT2D eigenvalue weighted by Gasteiger charge is 2.39. The molecular weight excluding hydrogens is 1340 g/mol. The van der Waals surface area contributed by atoms with Gasteiger partial charge in [-0.2, -0.15) is 0 Å². The number of aliphatic carboxylic acids is 1. The number of rotatable bonds is 24. The van der Waals surface area contributed by atoms with E-state index in [1.165, 1.54) is 66.9 Å². The van der Waals surface area contributed by atoms with Gasteiger partial charge in [0.15, 0.2) is 12.1 Å². The minimum absolute atomic E-state index is 0.0286. The molecule has 10 atom stereocenters. The number of Topliss-reactive ketones (excluding diaryl/α,β-unsaturated/α-hetero) is 2. The third-order valence-corrected chi connectivity index (χ3v) is 16.2. The number of carbonyl (C=O) groups is 14. The number of aromatic amines is 1. The number of benzene rings is 5. The van der Waals surface area contributed by atoms with Crippen LogP contribution in [0.1, 0.15) is 60.4 Å². The van der Waals surface area contributed by atoms with Crippen molar-refractivity contribution in [2.45, 2.75) is 125 Å².